The van der Waals surface area contributed by atoms with Crippen molar-refractivity contribution < 1.29 is 0 Å². The second kappa shape index (κ2) is 6.38. The second-order valence-electron chi connectivity index (χ2n) is 5.76. The third kappa shape index (κ3) is 3.14. The summed E-state index contributed by atoms with van der Waals surface area (Å²) in [4.78, 5) is 0. The van der Waals surface area contributed by atoms with Gasteiger partial charge in [0.2, 0.25) is 0 Å². The zero-order valence-electron chi connectivity index (χ0n) is 12.1. The van der Waals surface area contributed by atoms with Crippen LogP contribution in [0, 0.1) is 11.8 Å². The van der Waals surface area contributed by atoms with E-state index >= 15 is 0 Å². The molecule has 1 aromatic carbocycles. The van der Waals surface area contributed by atoms with E-state index in [-0.39, 0.29) is 0 Å². The third-order valence-corrected chi connectivity index (χ3v) is 4.75. The minimum atomic E-state index is 0.723. The minimum Gasteiger partial charge on any atom is -0.310 e. The SMILES string of the molecule is CCc1ccc(CNC2CCC(CC)C2C)cc1. The summed E-state index contributed by atoms with van der Waals surface area (Å²) in [6, 6.07) is 9.76. The molecule has 0 aromatic heterocycles. The first kappa shape index (κ1) is 13.6. The summed E-state index contributed by atoms with van der Waals surface area (Å²) in [5, 5.41) is 3.75. The molecular formula is C17H27N. The average Bonchev–Trinajstić information content (AvgIpc) is 2.77. The molecular weight excluding hydrogens is 218 g/mol. The molecule has 1 aliphatic rings. The molecule has 1 N–H and O–H groups in total. The zero-order chi connectivity index (χ0) is 13.0. The maximum atomic E-state index is 3.75. The highest BCUT2D eigenvalue weighted by atomic mass is 14.9. The van der Waals surface area contributed by atoms with Crippen LogP contribution in [0.3, 0.4) is 0 Å². The number of rotatable bonds is 5. The Morgan fingerprint density at radius 3 is 2.28 bits per heavy atom. The van der Waals surface area contributed by atoms with Crippen LogP contribution in [0.25, 0.3) is 0 Å². The normalized spacial score (nSPS) is 27.6. The summed E-state index contributed by atoms with van der Waals surface area (Å²) in [6.45, 7) is 7.97. The van der Waals surface area contributed by atoms with Crippen molar-refractivity contribution in [2.24, 2.45) is 11.8 Å². The van der Waals surface area contributed by atoms with Gasteiger partial charge in [-0.1, -0.05) is 51.5 Å². The third-order valence-electron chi connectivity index (χ3n) is 4.75. The van der Waals surface area contributed by atoms with Gasteiger partial charge in [0, 0.05) is 12.6 Å². The van der Waals surface area contributed by atoms with E-state index in [0.717, 1.165) is 30.8 Å². The highest BCUT2D eigenvalue weighted by molar-refractivity contribution is 5.22. The van der Waals surface area contributed by atoms with Gasteiger partial charge < -0.3 is 5.32 Å². The van der Waals surface area contributed by atoms with Gasteiger partial charge in [-0.3, -0.25) is 0 Å². The lowest BCUT2D eigenvalue weighted by molar-refractivity contribution is 0.344. The summed E-state index contributed by atoms with van der Waals surface area (Å²) in [5.41, 5.74) is 2.85. The average molecular weight is 245 g/mol. The van der Waals surface area contributed by atoms with Gasteiger partial charge in [-0.15, -0.1) is 0 Å². The fourth-order valence-corrected chi connectivity index (χ4v) is 3.25. The maximum Gasteiger partial charge on any atom is 0.0208 e. The molecule has 3 atom stereocenters. The summed E-state index contributed by atoms with van der Waals surface area (Å²) < 4.78 is 0. The largest absolute Gasteiger partial charge is 0.310 e. The van der Waals surface area contributed by atoms with Crippen LogP contribution >= 0.6 is 0 Å². The Morgan fingerprint density at radius 2 is 1.72 bits per heavy atom. The molecule has 1 aliphatic carbocycles. The van der Waals surface area contributed by atoms with Crippen LogP contribution in [0.1, 0.15) is 51.2 Å². The predicted molar refractivity (Wildman–Crippen MR) is 78.6 cm³/mol. The van der Waals surface area contributed by atoms with Crippen molar-refractivity contribution in [2.75, 3.05) is 0 Å². The van der Waals surface area contributed by atoms with Gasteiger partial charge in [-0.2, -0.15) is 0 Å². The van der Waals surface area contributed by atoms with Crippen molar-refractivity contribution >= 4 is 0 Å². The first-order chi connectivity index (χ1) is 8.74. The molecule has 2 rings (SSSR count). The monoisotopic (exact) mass is 245 g/mol. The molecule has 18 heavy (non-hydrogen) atoms. The van der Waals surface area contributed by atoms with E-state index < -0.39 is 0 Å². The Labute approximate surface area is 112 Å². The Bertz CT molecular complexity index is 354. The lowest BCUT2D eigenvalue weighted by Crippen LogP contribution is -2.32. The molecule has 0 saturated heterocycles. The molecule has 1 nitrogen and oxygen atoms in total. The molecule has 0 amide bonds. The Hall–Kier alpha value is -0.820. The van der Waals surface area contributed by atoms with Gasteiger partial charge in [-0.05, 0) is 42.2 Å². The Morgan fingerprint density at radius 1 is 1.06 bits per heavy atom. The lowest BCUT2D eigenvalue weighted by Gasteiger charge is -2.21. The van der Waals surface area contributed by atoms with E-state index in [4.69, 9.17) is 0 Å². The quantitative estimate of drug-likeness (QED) is 0.821. The number of nitrogens with one attached hydrogen (secondary N) is 1. The number of hydrogen-bond acceptors (Lipinski definition) is 1. The van der Waals surface area contributed by atoms with Crippen LogP contribution in [0.5, 0.6) is 0 Å². The van der Waals surface area contributed by atoms with Crippen LogP contribution in [0.15, 0.2) is 24.3 Å². The smallest absolute Gasteiger partial charge is 0.0208 e. The maximum absolute atomic E-state index is 3.75. The zero-order valence-corrected chi connectivity index (χ0v) is 12.1. The highest BCUT2D eigenvalue weighted by Crippen LogP contribution is 2.33. The molecule has 0 radical (unpaired) electrons. The van der Waals surface area contributed by atoms with Gasteiger partial charge >= 0.3 is 0 Å². The summed E-state index contributed by atoms with van der Waals surface area (Å²) in [5.74, 6) is 1.77. The fraction of sp³-hybridized carbons (Fsp3) is 0.647. The predicted octanol–water partition coefficient (Wildman–Crippen LogP) is 4.16. The van der Waals surface area contributed by atoms with Crippen molar-refractivity contribution in [3.8, 4) is 0 Å². The van der Waals surface area contributed by atoms with Gasteiger partial charge in [0.25, 0.3) is 0 Å². The van der Waals surface area contributed by atoms with Crippen molar-refractivity contribution in [3.05, 3.63) is 35.4 Å². The lowest BCUT2D eigenvalue weighted by atomic mass is 9.93. The summed E-state index contributed by atoms with van der Waals surface area (Å²) >= 11 is 0. The number of benzene rings is 1. The number of hydrogen-bond donors (Lipinski definition) is 1. The molecule has 0 aliphatic heterocycles. The molecule has 1 heteroatoms. The van der Waals surface area contributed by atoms with E-state index in [9.17, 15) is 0 Å². The van der Waals surface area contributed by atoms with E-state index in [1.54, 1.807) is 0 Å². The molecule has 1 aromatic rings. The minimum absolute atomic E-state index is 0.723. The van der Waals surface area contributed by atoms with E-state index in [1.807, 2.05) is 0 Å². The van der Waals surface area contributed by atoms with Gasteiger partial charge in [0.1, 0.15) is 0 Å². The topological polar surface area (TPSA) is 12.0 Å². The summed E-state index contributed by atoms with van der Waals surface area (Å²) in [6.07, 6.45) is 5.23. The van der Waals surface area contributed by atoms with Crippen molar-refractivity contribution in [3.63, 3.8) is 0 Å². The fourth-order valence-electron chi connectivity index (χ4n) is 3.25. The standard InChI is InChI=1S/C17H27N/c1-4-14-6-8-15(9-7-14)12-18-17-11-10-16(5-2)13(17)3/h6-9,13,16-18H,4-5,10-12H2,1-3H3. The van der Waals surface area contributed by atoms with Crippen molar-refractivity contribution in [1.29, 1.82) is 0 Å². The molecule has 1 saturated carbocycles. The van der Waals surface area contributed by atoms with Crippen LogP contribution in [0.4, 0.5) is 0 Å². The number of aryl methyl sites for hydroxylation is 1. The Balaban J connectivity index is 1.84. The van der Waals surface area contributed by atoms with Crippen LogP contribution < -0.4 is 5.32 Å². The van der Waals surface area contributed by atoms with Gasteiger partial charge in [0.15, 0.2) is 0 Å². The molecule has 0 spiro atoms. The molecule has 0 heterocycles. The van der Waals surface area contributed by atoms with Crippen molar-refractivity contribution in [2.45, 2.75) is 59.0 Å². The van der Waals surface area contributed by atoms with Crippen LogP contribution in [0.2, 0.25) is 0 Å². The van der Waals surface area contributed by atoms with Crippen LogP contribution in [-0.4, -0.2) is 6.04 Å². The molecule has 3 unspecified atom stereocenters. The first-order valence-electron chi connectivity index (χ1n) is 7.55. The van der Waals surface area contributed by atoms with E-state index in [0.29, 0.717) is 0 Å². The first-order valence-corrected chi connectivity index (χ1v) is 7.55. The second-order valence-corrected chi connectivity index (χ2v) is 5.76. The van der Waals surface area contributed by atoms with Gasteiger partial charge in [-0.25, -0.2) is 0 Å². The van der Waals surface area contributed by atoms with E-state index in [2.05, 4.69) is 50.4 Å². The highest BCUT2D eigenvalue weighted by Gasteiger charge is 2.30. The molecule has 100 valence electrons. The van der Waals surface area contributed by atoms with E-state index in [1.165, 1.54) is 30.4 Å². The molecule has 1 fully saturated rings. The Kier molecular flexibility index (Phi) is 4.82. The summed E-state index contributed by atoms with van der Waals surface area (Å²) in [7, 11) is 0. The van der Waals surface area contributed by atoms with Crippen molar-refractivity contribution in [1.82, 2.24) is 5.32 Å². The van der Waals surface area contributed by atoms with Gasteiger partial charge in [0.05, 0.1) is 0 Å². The van der Waals surface area contributed by atoms with Crippen LogP contribution in [-0.2, 0) is 13.0 Å². The molecule has 0 bridgehead atoms.